The quantitative estimate of drug-likeness (QED) is 0.580. The topological polar surface area (TPSA) is 66.8 Å². The predicted molar refractivity (Wildman–Crippen MR) is 81.2 cm³/mol. The van der Waals surface area contributed by atoms with Gasteiger partial charge in [-0.1, -0.05) is 12.8 Å². The van der Waals surface area contributed by atoms with Crippen molar-refractivity contribution in [2.75, 3.05) is 13.7 Å². The van der Waals surface area contributed by atoms with Crippen molar-refractivity contribution >= 4 is 5.97 Å². The molecule has 21 heavy (non-hydrogen) atoms. The highest BCUT2D eigenvalue weighted by Crippen LogP contribution is 2.53. The van der Waals surface area contributed by atoms with E-state index in [1.54, 1.807) is 7.11 Å². The molecule has 2 N–H and O–H groups in total. The minimum atomic E-state index is -0.680. The van der Waals surface area contributed by atoms with Crippen LogP contribution in [0, 0.1) is 10.8 Å². The van der Waals surface area contributed by atoms with E-state index in [1.807, 2.05) is 0 Å². The van der Waals surface area contributed by atoms with Gasteiger partial charge in [-0.3, -0.25) is 4.79 Å². The third-order valence-electron chi connectivity index (χ3n) is 5.38. The molecule has 0 aromatic carbocycles. The lowest BCUT2D eigenvalue weighted by Crippen LogP contribution is -2.13. The Kier molecular flexibility index (Phi) is 5.67. The summed E-state index contributed by atoms with van der Waals surface area (Å²) in [5, 5.41) is 18.9. The number of aliphatic carboxylic acids is 1. The number of hydrogen-bond donors (Lipinski definition) is 2. The number of carboxylic acid groups (broad SMARTS) is 1. The molecule has 2 rings (SSSR count). The molecule has 1 atom stereocenters. The van der Waals surface area contributed by atoms with Gasteiger partial charge in [-0.05, 0) is 62.2 Å². The first-order chi connectivity index (χ1) is 9.99. The molecule has 2 aliphatic rings. The van der Waals surface area contributed by atoms with Gasteiger partial charge in [0.15, 0.2) is 0 Å². The zero-order chi connectivity index (χ0) is 15.3. The van der Waals surface area contributed by atoms with E-state index in [1.165, 1.54) is 19.3 Å². The van der Waals surface area contributed by atoms with Crippen molar-refractivity contribution in [3.05, 3.63) is 0 Å². The van der Waals surface area contributed by atoms with Gasteiger partial charge in [0.2, 0.25) is 0 Å². The summed E-state index contributed by atoms with van der Waals surface area (Å²) in [6, 6.07) is 0. The van der Waals surface area contributed by atoms with Crippen LogP contribution in [0.1, 0.15) is 70.6 Å². The van der Waals surface area contributed by atoms with Crippen LogP contribution in [0.3, 0.4) is 0 Å². The summed E-state index contributed by atoms with van der Waals surface area (Å²) in [6.45, 7) is 0.862. The smallest absolute Gasteiger partial charge is 0.303 e. The Balaban J connectivity index is 1.52. The maximum absolute atomic E-state index is 10.8. The first-order valence-electron chi connectivity index (χ1n) is 8.38. The summed E-state index contributed by atoms with van der Waals surface area (Å²) in [5.74, 6) is -0.680. The summed E-state index contributed by atoms with van der Waals surface area (Å²) >= 11 is 0. The molecule has 0 amide bonds. The highest BCUT2D eigenvalue weighted by molar-refractivity contribution is 5.68. The molecule has 1 unspecified atom stereocenters. The Bertz CT molecular complexity index is 345. The van der Waals surface area contributed by atoms with Crippen LogP contribution in [0.4, 0.5) is 0 Å². The van der Waals surface area contributed by atoms with Crippen LogP contribution in [0.25, 0.3) is 0 Å². The maximum atomic E-state index is 10.8. The maximum Gasteiger partial charge on any atom is 0.303 e. The zero-order valence-electron chi connectivity index (χ0n) is 13.3. The molecule has 2 aliphatic carbocycles. The molecular formula is C17H30O4. The second-order valence-corrected chi connectivity index (χ2v) is 7.44. The number of aliphatic hydroxyl groups is 1. The zero-order valence-corrected chi connectivity index (χ0v) is 13.3. The van der Waals surface area contributed by atoms with Crippen molar-refractivity contribution in [3.8, 4) is 0 Å². The molecule has 4 heteroatoms. The SMILES string of the molecule is COCC1(CCCC(O)CCCC2(CC(=O)O)CC2)CC1. The average molecular weight is 298 g/mol. The van der Waals surface area contributed by atoms with Gasteiger partial charge >= 0.3 is 5.97 Å². The Morgan fingerprint density at radius 2 is 1.62 bits per heavy atom. The normalized spacial score (nSPS) is 22.8. The van der Waals surface area contributed by atoms with Gasteiger partial charge in [0.05, 0.1) is 19.1 Å². The minimum Gasteiger partial charge on any atom is -0.481 e. The summed E-state index contributed by atoms with van der Waals surface area (Å²) in [5.41, 5.74) is 0.496. The van der Waals surface area contributed by atoms with Crippen molar-refractivity contribution < 1.29 is 19.7 Å². The van der Waals surface area contributed by atoms with Crippen LogP contribution >= 0.6 is 0 Å². The number of hydrogen-bond acceptors (Lipinski definition) is 3. The van der Waals surface area contributed by atoms with E-state index in [9.17, 15) is 9.90 Å². The van der Waals surface area contributed by atoms with Crippen LogP contribution in [-0.4, -0.2) is 36.0 Å². The van der Waals surface area contributed by atoms with Gasteiger partial charge < -0.3 is 14.9 Å². The van der Waals surface area contributed by atoms with Crippen LogP contribution < -0.4 is 0 Å². The molecule has 0 radical (unpaired) electrons. The fourth-order valence-corrected chi connectivity index (χ4v) is 3.53. The van der Waals surface area contributed by atoms with Crippen LogP contribution in [0.5, 0.6) is 0 Å². The molecule has 2 saturated carbocycles. The first kappa shape index (κ1) is 16.8. The molecule has 4 nitrogen and oxygen atoms in total. The molecule has 2 fully saturated rings. The van der Waals surface area contributed by atoms with Gasteiger partial charge in [-0.15, -0.1) is 0 Å². The van der Waals surface area contributed by atoms with Gasteiger partial charge in [0, 0.05) is 7.11 Å². The highest BCUT2D eigenvalue weighted by Gasteiger charge is 2.43. The summed E-state index contributed by atoms with van der Waals surface area (Å²) in [7, 11) is 1.76. The van der Waals surface area contributed by atoms with Gasteiger partial charge in [0.1, 0.15) is 0 Å². The Labute approximate surface area is 127 Å². The Hall–Kier alpha value is -0.610. The Morgan fingerprint density at radius 3 is 2.05 bits per heavy atom. The van der Waals surface area contributed by atoms with Crippen molar-refractivity contribution in [3.63, 3.8) is 0 Å². The number of aliphatic hydroxyl groups excluding tert-OH is 1. The first-order valence-corrected chi connectivity index (χ1v) is 8.38. The molecule has 0 saturated heterocycles. The van der Waals surface area contributed by atoms with Crippen molar-refractivity contribution in [1.82, 2.24) is 0 Å². The van der Waals surface area contributed by atoms with E-state index < -0.39 is 5.97 Å². The third-order valence-corrected chi connectivity index (χ3v) is 5.38. The molecule has 0 bridgehead atoms. The molecule has 0 heterocycles. The fraction of sp³-hybridized carbons (Fsp3) is 0.941. The van der Waals surface area contributed by atoms with Crippen LogP contribution in [-0.2, 0) is 9.53 Å². The lowest BCUT2D eigenvalue weighted by molar-refractivity contribution is -0.138. The van der Waals surface area contributed by atoms with Crippen molar-refractivity contribution in [2.24, 2.45) is 10.8 Å². The van der Waals surface area contributed by atoms with Crippen LogP contribution in [0.15, 0.2) is 0 Å². The molecule has 122 valence electrons. The van der Waals surface area contributed by atoms with Gasteiger partial charge in [0.25, 0.3) is 0 Å². The number of carboxylic acids is 1. The summed E-state index contributed by atoms with van der Waals surface area (Å²) < 4.78 is 5.26. The number of rotatable bonds is 12. The van der Waals surface area contributed by atoms with Crippen LogP contribution in [0.2, 0.25) is 0 Å². The molecule has 0 aromatic rings. The lowest BCUT2D eigenvalue weighted by atomic mass is 9.93. The van der Waals surface area contributed by atoms with Gasteiger partial charge in [-0.25, -0.2) is 0 Å². The molecular weight excluding hydrogens is 268 g/mol. The molecule has 0 spiro atoms. The molecule has 0 aromatic heterocycles. The van der Waals surface area contributed by atoms with E-state index in [-0.39, 0.29) is 11.5 Å². The average Bonchev–Trinajstić information content (AvgIpc) is 3.29. The largest absolute Gasteiger partial charge is 0.481 e. The van der Waals surface area contributed by atoms with E-state index >= 15 is 0 Å². The second kappa shape index (κ2) is 7.10. The molecule has 0 aliphatic heterocycles. The number of carbonyl (C=O) groups is 1. The van der Waals surface area contributed by atoms with E-state index in [0.29, 0.717) is 11.8 Å². The monoisotopic (exact) mass is 298 g/mol. The predicted octanol–water partition coefficient (Wildman–Crippen LogP) is 3.37. The van der Waals surface area contributed by atoms with E-state index in [0.717, 1.165) is 51.6 Å². The third kappa shape index (κ3) is 5.59. The minimum absolute atomic E-state index is 0.0715. The highest BCUT2D eigenvalue weighted by atomic mass is 16.5. The Morgan fingerprint density at radius 1 is 1.10 bits per heavy atom. The summed E-state index contributed by atoms with van der Waals surface area (Å²) in [4.78, 5) is 10.8. The standard InChI is InChI=1S/C17H30O4/c1-21-13-17(10-11-17)7-3-5-14(18)4-2-6-16(8-9-16)12-15(19)20/h14,18H,2-13H2,1H3,(H,19,20). The second-order valence-electron chi connectivity index (χ2n) is 7.44. The number of ether oxygens (including phenoxy) is 1. The van der Waals surface area contributed by atoms with E-state index in [2.05, 4.69) is 0 Å². The van der Waals surface area contributed by atoms with Gasteiger partial charge in [-0.2, -0.15) is 0 Å². The number of methoxy groups -OCH3 is 1. The van der Waals surface area contributed by atoms with E-state index in [4.69, 9.17) is 9.84 Å². The van der Waals surface area contributed by atoms with Crippen molar-refractivity contribution in [2.45, 2.75) is 76.7 Å². The summed E-state index contributed by atoms with van der Waals surface area (Å²) in [6.07, 6.45) is 10.6. The van der Waals surface area contributed by atoms with Crippen molar-refractivity contribution in [1.29, 1.82) is 0 Å². The lowest BCUT2D eigenvalue weighted by Gasteiger charge is -2.17. The fourth-order valence-electron chi connectivity index (χ4n) is 3.53.